The molecule has 0 aromatic carbocycles. The fraction of sp³-hybridized carbons (Fsp3) is 0. The monoisotopic (exact) mass is 159 g/mol. The average molecular weight is 159 g/mol. The van der Waals surface area contributed by atoms with Crippen molar-refractivity contribution in [2.45, 2.75) is 0 Å². The first-order valence-electron chi connectivity index (χ1n) is 3.50. The third-order valence-electron chi connectivity index (χ3n) is 1.98. The molecule has 1 aromatic heterocycles. The number of carbonyl (C=O) groups excluding carboxylic acids is 1. The largest absolute Gasteiger partial charge is 0.361 e. The number of carbonyl (C=O) groups is 1. The predicted molar refractivity (Wildman–Crippen MR) is 45.8 cm³/mol. The summed E-state index contributed by atoms with van der Waals surface area (Å²) in [6.45, 7) is 3.76. The first kappa shape index (κ1) is 7.03. The lowest BCUT2D eigenvalue weighted by Gasteiger charge is -2.08. The van der Waals surface area contributed by atoms with Crippen LogP contribution < -0.4 is 0 Å². The molecule has 1 aliphatic heterocycles. The second-order valence-corrected chi connectivity index (χ2v) is 2.63. The maximum absolute atomic E-state index is 11.4. The van der Waals surface area contributed by atoms with E-state index in [1.807, 2.05) is 0 Å². The fourth-order valence-electron chi connectivity index (χ4n) is 1.21. The SMILES string of the molecule is BN1C(=C)c2cnncc2C1=O. The normalized spacial score (nSPS) is 15.2. The minimum Gasteiger partial charge on any atom is -0.361 e. The molecule has 2 heterocycles. The van der Waals surface area contributed by atoms with Crippen LogP contribution in [0.25, 0.3) is 5.70 Å². The number of fused-ring (bicyclic) bond motifs is 1. The average Bonchev–Trinajstić information content (AvgIpc) is 2.33. The summed E-state index contributed by atoms with van der Waals surface area (Å²) in [7, 11) is 1.69. The molecule has 0 saturated carbocycles. The second-order valence-electron chi connectivity index (χ2n) is 2.63. The van der Waals surface area contributed by atoms with Gasteiger partial charge in [0.25, 0.3) is 0 Å². The van der Waals surface area contributed by atoms with Gasteiger partial charge in [0, 0.05) is 11.3 Å². The topological polar surface area (TPSA) is 46.1 Å². The Morgan fingerprint density at radius 2 is 1.92 bits per heavy atom. The summed E-state index contributed by atoms with van der Waals surface area (Å²) in [5, 5.41) is 7.32. The van der Waals surface area contributed by atoms with Crippen molar-refractivity contribution >= 4 is 19.6 Å². The molecule has 1 aromatic rings. The Morgan fingerprint density at radius 3 is 2.50 bits per heavy atom. The van der Waals surface area contributed by atoms with Gasteiger partial charge >= 0.3 is 0 Å². The van der Waals surface area contributed by atoms with Crippen LogP contribution >= 0.6 is 0 Å². The Bertz CT molecular complexity index is 342. The van der Waals surface area contributed by atoms with E-state index in [-0.39, 0.29) is 5.91 Å². The summed E-state index contributed by atoms with van der Waals surface area (Å²) in [5.41, 5.74) is 2.04. The summed E-state index contributed by atoms with van der Waals surface area (Å²) < 4.78 is 0. The van der Waals surface area contributed by atoms with E-state index in [9.17, 15) is 4.79 Å². The zero-order valence-corrected chi connectivity index (χ0v) is 6.61. The quantitative estimate of drug-likeness (QED) is 0.477. The van der Waals surface area contributed by atoms with Crippen molar-refractivity contribution < 1.29 is 4.79 Å². The highest BCUT2D eigenvalue weighted by Crippen LogP contribution is 2.27. The van der Waals surface area contributed by atoms with E-state index < -0.39 is 0 Å². The zero-order chi connectivity index (χ0) is 8.72. The van der Waals surface area contributed by atoms with Crippen molar-refractivity contribution in [1.82, 2.24) is 15.0 Å². The molecule has 0 unspecified atom stereocenters. The molecule has 0 N–H and O–H groups in total. The minimum absolute atomic E-state index is 0.0649. The van der Waals surface area contributed by atoms with Gasteiger partial charge in [-0.05, 0) is 0 Å². The molecule has 1 aliphatic rings. The standard InChI is InChI=1S/C7H6BN3O/c1-4-5-2-9-10-3-6(5)7(12)11(4)8/h2-3H,1,8H2. The van der Waals surface area contributed by atoms with Crippen LogP contribution in [0.1, 0.15) is 15.9 Å². The van der Waals surface area contributed by atoms with Crippen molar-refractivity contribution in [3.05, 3.63) is 30.1 Å². The molecular weight excluding hydrogens is 153 g/mol. The summed E-state index contributed by atoms with van der Waals surface area (Å²) >= 11 is 0. The van der Waals surface area contributed by atoms with Crippen molar-refractivity contribution in [3.8, 4) is 0 Å². The highest BCUT2D eigenvalue weighted by atomic mass is 16.2. The molecule has 0 bridgehead atoms. The van der Waals surface area contributed by atoms with Gasteiger partial charge in [-0.25, -0.2) is 0 Å². The summed E-state index contributed by atoms with van der Waals surface area (Å²) in [4.78, 5) is 12.9. The van der Waals surface area contributed by atoms with Gasteiger partial charge in [-0.3, -0.25) is 4.79 Å². The van der Waals surface area contributed by atoms with Gasteiger partial charge in [0.05, 0.1) is 18.0 Å². The smallest absolute Gasteiger partial charge is 0.248 e. The van der Waals surface area contributed by atoms with E-state index in [1.165, 1.54) is 11.0 Å². The van der Waals surface area contributed by atoms with E-state index in [4.69, 9.17) is 0 Å². The molecule has 0 saturated heterocycles. The van der Waals surface area contributed by atoms with Gasteiger partial charge in [-0.1, -0.05) is 6.58 Å². The highest BCUT2D eigenvalue weighted by molar-refractivity contribution is 6.27. The fourth-order valence-corrected chi connectivity index (χ4v) is 1.21. The molecule has 12 heavy (non-hydrogen) atoms. The van der Waals surface area contributed by atoms with E-state index in [1.54, 1.807) is 14.2 Å². The lowest BCUT2D eigenvalue weighted by molar-refractivity contribution is 0.0917. The molecule has 1 amide bonds. The molecule has 4 nitrogen and oxygen atoms in total. The number of aromatic nitrogens is 2. The molecule has 2 rings (SSSR count). The van der Waals surface area contributed by atoms with Crippen molar-refractivity contribution in [2.75, 3.05) is 0 Å². The van der Waals surface area contributed by atoms with Crippen LogP contribution in [0.5, 0.6) is 0 Å². The van der Waals surface area contributed by atoms with Crippen LogP contribution in [0.2, 0.25) is 0 Å². The lowest BCUT2D eigenvalue weighted by Crippen LogP contribution is -2.18. The van der Waals surface area contributed by atoms with Gasteiger partial charge < -0.3 is 4.81 Å². The maximum Gasteiger partial charge on any atom is 0.248 e. The van der Waals surface area contributed by atoms with Gasteiger partial charge in [0.2, 0.25) is 13.9 Å². The Morgan fingerprint density at radius 1 is 1.33 bits per heavy atom. The molecule has 0 radical (unpaired) electrons. The summed E-state index contributed by atoms with van der Waals surface area (Å²) in [6, 6.07) is 0. The summed E-state index contributed by atoms with van der Waals surface area (Å²) in [6.07, 6.45) is 3.02. The Kier molecular flexibility index (Phi) is 1.27. The Hall–Kier alpha value is -1.65. The highest BCUT2D eigenvalue weighted by Gasteiger charge is 2.27. The minimum atomic E-state index is -0.0649. The van der Waals surface area contributed by atoms with Gasteiger partial charge in [-0.2, -0.15) is 10.2 Å². The Labute approximate surface area is 70.3 Å². The van der Waals surface area contributed by atoms with Crippen LogP contribution in [0.4, 0.5) is 0 Å². The number of hydrogen-bond acceptors (Lipinski definition) is 3. The number of nitrogens with zero attached hydrogens (tertiary/aromatic N) is 3. The molecule has 0 fully saturated rings. The number of hydrogen-bond donors (Lipinski definition) is 0. The molecule has 5 heteroatoms. The maximum atomic E-state index is 11.4. The predicted octanol–water partition coefficient (Wildman–Crippen LogP) is -0.549. The van der Waals surface area contributed by atoms with Crippen molar-refractivity contribution in [1.29, 1.82) is 0 Å². The van der Waals surface area contributed by atoms with E-state index in [0.717, 1.165) is 5.56 Å². The summed E-state index contributed by atoms with van der Waals surface area (Å²) in [5.74, 6) is -0.0649. The zero-order valence-electron chi connectivity index (χ0n) is 6.61. The van der Waals surface area contributed by atoms with E-state index in [0.29, 0.717) is 11.3 Å². The Balaban J connectivity index is 2.67. The number of amides is 1. The molecular formula is C7H6BN3O. The van der Waals surface area contributed by atoms with Crippen molar-refractivity contribution in [2.24, 2.45) is 0 Å². The van der Waals surface area contributed by atoms with E-state index in [2.05, 4.69) is 16.8 Å². The first-order valence-corrected chi connectivity index (χ1v) is 3.50. The first-order chi connectivity index (χ1) is 5.72. The molecule has 0 spiro atoms. The van der Waals surface area contributed by atoms with Crippen LogP contribution in [0.3, 0.4) is 0 Å². The number of rotatable bonds is 0. The molecule has 0 atom stereocenters. The lowest BCUT2D eigenvalue weighted by atomic mass is 10.2. The van der Waals surface area contributed by atoms with Crippen LogP contribution in [0, 0.1) is 0 Å². The van der Waals surface area contributed by atoms with Gasteiger partial charge in [-0.15, -0.1) is 0 Å². The van der Waals surface area contributed by atoms with Crippen LogP contribution in [-0.4, -0.2) is 28.9 Å². The van der Waals surface area contributed by atoms with Crippen molar-refractivity contribution in [3.63, 3.8) is 0 Å². The second kappa shape index (κ2) is 2.17. The van der Waals surface area contributed by atoms with E-state index >= 15 is 0 Å². The van der Waals surface area contributed by atoms with Gasteiger partial charge in [0.15, 0.2) is 0 Å². The molecule has 58 valence electrons. The van der Waals surface area contributed by atoms with Crippen LogP contribution in [0.15, 0.2) is 19.0 Å². The van der Waals surface area contributed by atoms with Gasteiger partial charge in [0.1, 0.15) is 0 Å². The molecule has 0 aliphatic carbocycles. The van der Waals surface area contributed by atoms with Crippen LogP contribution in [-0.2, 0) is 0 Å². The third-order valence-corrected chi connectivity index (χ3v) is 1.98. The third kappa shape index (κ3) is 0.703.